The third-order valence-electron chi connectivity index (χ3n) is 3.26. The van der Waals surface area contributed by atoms with Gasteiger partial charge in [-0.25, -0.2) is 0 Å². The highest BCUT2D eigenvalue weighted by atomic mass is 35.5. The number of rotatable bonds is 3. The maximum Gasteiger partial charge on any atom is 0.307 e. The van der Waals surface area contributed by atoms with Gasteiger partial charge in [0.1, 0.15) is 0 Å². The summed E-state index contributed by atoms with van der Waals surface area (Å²) in [6.45, 7) is 2.15. The number of nitrogens with zero attached hydrogens (tertiary/aromatic N) is 1. The van der Waals surface area contributed by atoms with E-state index in [-0.39, 0.29) is 5.92 Å². The molecule has 98 valence electrons. The molecule has 1 aromatic carbocycles. The Balaban J connectivity index is 2.04. The van der Waals surface area contributed by atoms with E-state index < -0.39 is 5.97 Å². The van der Waals surface area contributed by atoms with Crippen LogP contribution < -0.4 is 0 Å². The number of hydrogen-bond donors (Lipinski definition) is 1. The lowest BCUT2D eigenvalue weighted by atomic mass is 9.98. The first-order valence-electron chi connectivity index (χ1n) is 5.95. The highest BCUT2D eigenvalue weighted by Crippen LogP contribution is 2.24. The van der Waals surface area contributed by atoms with E-state index in [4.69, 9.17) is 28.3 Å². The Morgan fingerprint density at radius 3 is 2.94 bits per heavy atom. The van der Waals surface area contributed by atoms with Crippen LogP contribution >= 0.6 is 23.2 Å². The third kappa shape index (κ3) is 3.37. The standard InChI is InChI=1S/C13H15Cl2NO2/c14-11-3-4-12(15)10(6-11)8-16-5-1-2-9(7-16)13(17)18/h3-4,6,9H,1-2,5,7-8H2,(H,17,18)/t9-/m0/s1. The van der Waals surface area contributed by atoms with E-state index in [0.717, 1.165) is 24.9 Å². The van der Waals surface area contributed by atoms with E-state index in [1.165, 1.54) is 0 Å². The molecule has 18 heavy (non-hydrogen) atoms. The van der Waals surface area contributed by atoms with Crippen LogP contribution in [-0.4, -0.2) is 29.1 Å². The molecule has 1 aliphatic rings. The number of carbonyl (C=O) groups is 1. The summed E-state index contributed by atoms with van der Waals surface area (Å²) >= 11 is 12.1. The molecular weight excluding hydrogens is 273 g/mol. The van der Waals surface area contributed by atoms with Crippen LogP contribution in [-0.2, 0) is 11.3 Å². The zero-order valence-corrected chi connectivity index (χ0v) is 11.4. The van der Waals surface area contributed by atoms with Gasteiger partial charge in [-0.05, 0) is 43.1 Å². The van der Waals surface area contributed by atoms with Gasteiger partial charge >= 0.3 is 5.97 Å². The Kier molecular flexibility index (Phi) is 4.49. The molecule has 1 N–H and O–H groups in total. The van der Waals surface area contributed by atoms with Crippen molar-refractivity contribution >= 4 is 29.2 Å². The van der Waals surface area contributed by atoms with Crippen LogP contribution in [0.15, 0.2) is 18.2 Å². The quantitative estimate of drug-likeness (QED) is 0.927. The molecule has 0 bridgehead atoms. The summed E-state index contributed by atoms with van der Waals surface area (Å²) in [5, 5.41) is 10.4. The number of likely N-dealkylation sites (tertiary alicyclic amines) is 1. The van der Waals surface area contributed by atoms with Crippen LogP contribution in [0, 0.1) is 5.92 Å². The molecule has 3 nitrogen and oxygen atoms in total. The minimum Gasteiger partial charge on any atom is -0.481 e. The predicted octanol–water partition coefficient (Wildman–Crippen LogP) is 3.29. The largest absolute Gasteiger partial charge is 0.481 e. The van der Waals surface area contributed by atoms with E-state index in [1.54, 1.807) is 12.1 Å². The van der Waals surface area contributed by atoms with Gasteiger partial charge in [-0.15, -0.1) is 0 Å². The SMILES string of the molecule is O=C(O)[C@H]1CCCN(Cc2cc(Cl)ccc2Cl)C1. The molecule has 0 aromatic heterocycles. The van der Waals surface area contributed by atoms with Crippen LogP contribution in [0.1, 0.15) is 18.4 Å². The number of aliphatic carboxylic acids is 1. The smallest absolute Gasteiger partial charge is 0.307 e. The Morgan fingerprint density at radius 2 is 2.22 bits per heavy atom. The topological polar surface area (TPSA) is 40.5 Å². The van der Waals surface area contributed by atoms with Gasteiger partial charge in [-0.2, -0.15) is 0 Å². The van der Waals surface area contributed by atoms with Crippen molar-refractivity contribution in [2.75, 3.05) is 13.1 Å². The van der Waals surface area contributed by atoms with E-state index in [1.807, 2.05) is 6.07 Å². The van der Waals surface area contributed by atoms with E-state index in [2.05, 4.69) is 4.90 Å². The lowest BCUT2D eigenvalue weighted by molar-refractivity contribution is -0.143. The highest BCUT2D eigenvalue weighted by Gasteiger charge is 2.25. The molecule has 1 heterocycles. The van der Waals surface area contributed by atoms with Gasteiger partial charge in [0, 0.05) is 23.1 Å². The molecular formula is C13H15Cl2NO2. The van der Waals surface area contributed by atoms with Crippen molar-refractivity contribution in [3.05, 3.63) is 33.8 Å². The van der Waals surface area contributed by atoms with Crippen molar-refractivity contribution in [1.82, 2.24) is 4.90 Å². The summed E-state index contributed by atoms with van der Waals surface area (Å²) in [5.41, 5.74) is 0.954. The summed E-state index contributed by atoms with van der Waals surface area (Å²) in [4.78, 5) is 13.1. The van der Waals surface area contributed by atoms with Gasteiger partial charge in [0.05, 0.1) is 5.92 Å². The molecule has 1 aromatic rings. The Hall–Kier alpha value is -0.770. The number of piperidine rings is 1. The maximum atomic E-state index is 11.0. The van der Waals surface area contributed by atoms with E-state index in [0.29, 0.717) is 23.1 Å². The van der Waals surface area contributed by atoms with Crippen molar-refractivity contribution in [3.8, 4) is 0 Å². The highest BCUT2D eigenvalue weighted by molar-refractivity contribution is 6.33. The summed E-state index contributed by atoms with van der Waals surface area (Å²) in [5.74, 6) is -0.978. The van der Waals surface area contributed by atoms with Crippen LogP contribution in [0.4, 0.5) is 0 Å². The van der Waals surface area contributed by atoms with Crippen molar-refractivity contribution < 1.29 is 9.90 Å². The van der Waals surface area contributed by atoms with Crippen molar-refractivity contribution in [1.29, 1.82) is 0 Å². The lowest BCUT2D eigenvalue weighted by Gasteiger charge is -2.30. The molecule has 0 spiro atoms. The zero-order valence-electron chi connectivity index (χ0n) is 9.90. The first-order valence-corrected chi connectivity index (χ1v) is 6.71. The van der Waals surface area contributed by atoms with Crippen LogP contribution in [0.25, 0.3) is 0 Å². The van der Waals surface area contributed by atoms with Gasteiger partial charge in [-0.1, -0.05) is 23.2 Å². The molecule has 0 amide bonds. The van der Waals surface area contributed by atoms with E-state index in [9.17, 15) is 4.79 Å². The average Bonchev–Trinajstić information content (AvgIpc) is 2.34. The van der Waals surface area contributed by atoms with Crippen molar-refractivity contribution in [2.45, 2.75) is 19.4 Å². The molecule has 0 saturated carbocycles. The second-order valence-corrected chi connectivity index (χ2v) is 5.49. The summed E-state index contributed by atoms with van der Waals surface area (Å²) in [6.07, 6.45) is 1.67. The Labute approximate surface area is 116 Å². The number of carboxylic acid groups (broad SMARTS) is 1. The normalized spacial score (nSPS) is 20.9. The van der Waals surface area contributed by atoms with Crippen LogP contribution in [0.5, 0.6) is 0 Å². The minimum absolute atomic E-state index is 0.267. The molecule has 5 heteroatoms. The first kappa shape index (κ1) is 13.7. The average molecular weight is 288 g/mol. The summed E-state index contributed by atoms with van der Waals surface area (Å²) < 4.78 is 0. The molecule has 1 saturated heterocycles. The maximum absolute atomic E-state index is 11.0. The number of carboxylic acids is 1. The zero-order chi connectivity index (χ0) is 13.1. The number of benzene rings is 1. The molecule has 0 aliphatic carbocycles. The minimum atomic E-state index is -0.711. The second-order valence-electron chi connectivity index (χ2n) is 4.65. The molecule has 0 unspecified atom stereocenters. The van der Waals surface area contributed by atoms with Crippen molar-refractivity contribution in [3.63, 3.8) is 0 Å². The van der Waals surface area contributed by atoms with Gasteiger partial charge in [0.15, 0.2) is 0 Å². The summed E-state index contributed by atoms with van der Waals surface area (Å²) in [7, 11) is 0. The third-order valence-corrected chi connectivity index (χ3v) is 3.86. The van der Waals surface area contributed by atoms with Gasteiger partial charge in [0.25, 0.3) is 0 Å². The Morgan fingerprint density at radius 1 is 1.44 bits per heavy atom. The monoisotopic (exact) mass is 287 g/mol. The molecule has 1 fully saturated rings. The summed E-state index contributed by atoms with van der Waals surface area (Å²) in [6, 6.07) is 5.37. The Bertz CT molecular complexity index is 451. The first-order chi connectivity index (χ1) is 8.56. The fourth-order valence-electron chi connectivity index (χ4n) is 2.31. The molecule has 0 radical (unpaired) electrons. The fourth-order valence-corrected chi connectivity index (χ4v) is 2.68. The van der Waals surface area contributed by atoms with Crippen molar-refractivity contribution in [2.24, 2.45) is 5.92 Å². The van der Waals surface area contributed by atoms with Gasteiger partial charge < -0.3 is 5.11 Å². The molecule has 1 aliphatic heterocycles. The van der Waals surface area contributed by atoms with Gasteiger partial charge in [0.2, 0.25) is 0 Å². The number of hydrogen-bond acceptors (Lipinski definition) is 2. The fraction of sp³-hybridized carbons (Fsp3) is 0.462. The van der Waals surface area contributed by atoms with Crippen LogP contribution in [0.3, 0.4) is 0 Å². The van der Waals surface area contributed by atoms with E-state index >= 15 is 0 Å². The lowest BCUT2D eigenvalue weighted by Crippen LogP contribution is -2.38. The number of halogens is 2. The van der Waals surface area contributed by atoms with Gasteiger partial charge in [-0.3, -0.25) is 9.69 Å². The second kappa shape index (κ2) is 5.91. The molecule has 2 rings (SSSR count). The predicted molar refractivity (Wildman–Crippen MR) is 72.1 cm³/mol. The van der Waals surface area contributed by atoms with Crippen LogP contribution in [0.2, 0.25) is 10.0 Å². The molecule has 1 atom stereocenters.